The van der Waals surface area contributed by atoms with E-state index < -0.39 is 26.1 Å². The maximum absolute atomic E-state index is 12.7. The molecule has 14 heteroatoms. The van der Waals surface area contributed by atoms with E-state index in [1.165, 1.54) is 48.5 Å². The molecule has 0 bridgehead atoms. The second kappa shape index (κ2) is 11.2. The van der Waals surface area contributed by atoms with Crippen molar-refractivity contribution >= 4 is 49.0 Å². The second-order valence-corrected chi connectivity index (χ2v) is 11.6. The van der Waals surface area contributed by atoms with Crippen molar-refractivity contribution in [3.63, 3.8) is 0 Å². The highest BCUT2D eigenvalue weighted by atomic mass is 32.2. The maximum atomic E-state index is 12.7. The Hall–Kier alpha value is -3.98. The van der Waals surface area contributed by atoms with Crippen LogP contribution >= 0.6 is 0 Å². The summed E-state index contributed by atoms with van der Waals surface area (Å²) in [4.78, 5) is 14.2. The largest absolute Gasteiger partial charge is 0.378 e. The molecule has 0 aromatic heterocycles. The van der Waals surface area contributed by atoms with Crippen LogP contribution in [0.3, 0.4) is 0 Å². The number of benzene rings is 3. The number of carbonyl (C=O) groups is 1. The van der Waals surface area contributed by atoms with E-state index in [9.17, 15) is 21.6 Å². The highest BCUT2D eigenvalue weighted by Crippen LogP contribution is 2.20. The Morgan fingerprint density at radius 2 is 1.39 bits per heavy atom. The molecule has 4 rings (SSSR count). The van der Waals surface area contributed by atoms with Gasteiger partial charge in [0.05, 0.1) is 23.0 Å². The Labute approximate surface area is 220 Å². The molecular weight excluding hydrogens is 532 g/mol. The van der Waals surface area contributed by atoms with Gasteiger partial charge < -0.3 is 20.3 Å². The van der Waals surface area contributed by atoms with Gasteiger partial charge >= 0.3 is 6.03 Å². The zero-order valence-electron chi connectivity index (χ0n) is 20.0. The highest BCUT2D eigenvalue weighted by Gasteiger charge is 2.17. The van der Waals surface area contributed by atoms with E-state index in [1.54, 1.807) is 24.3 Å². The minimum atomic E-state index is -3.97. The van der Waals surface area contributed by atoms with Crippen LogP contribution in [0.25, 0.3) is 0 Å². The van der Waals surface area contributed by atoms with Crippen molar-refractivity contribution in [2.24, 2.45) is 5.14 Å². The fourth-order valence-corrected chi connectivity index (χ4v) is 5.23. The number of nitrogens with zero attached hydrogens (tertiary/aromatic N) is 1. The van der Waals surface area contributed by atoms with Crippen LogP contribution in [0.15, 0.2) is 82.6 Å². The van der Waals surface area contributed by atoms with Gasteiger partial charge in [-0.05, 0) is 60.7 Å². The van der Waals surface area contributed by atoms with E-state index >= 15 is 0 Å². The van der Waals surface area contributed by atoms with Crippen LogP contribution in [0, 0.1) is 5.41 Å². The first-order chi connectivity index (χ1) is 18.0. The van der Waals surface area contributed by atoms with E-state index in [-0.39, 0.29) is 15.5 Å². The number of rotatable bonds is 7. The van der Waals surface area contributed by atoms with E-state index in [0.29, 0.717) is 49.1 Å². The van der Waals surface area contributed by atoms with Crippen molar-refractivity contribution in [3.05, 3.63) is 78.4 Å². The number of nitrogens with one attached hydrogen (secondary N) is 4. The summed E-state index contributed by atoms with van der Waals surface area (Å²) < 4.78 is 55.7. The molecule has 0 atom stereocenters. The molecule has 1 aliphatic heterocycles. The number of hydrogen-bond acceptors (Lipinski definition) is 7. The van der Waals surface area contributed by atoms with Gasteiger partial charge in [-0.15, -0.1) is 0 Å². The lowest BCUT2D eigenvalue weighted by Gasteiger charge is -2.29. The summed E-state index contributed by atoms with van der Waals surface area (Å²) in [6, 6.07) is 16.9. The van der Waals surface area contributed by atoms with Crippen molar-refractivity contribution in [2.75, 3.05) is 41.7 Å². The van der Waals surface area contributed by atoms with E-state index in [1.807, 2.05) is 4.90 Å². The van der Waals surface area contributed by atoms with Gasteiger partial charge in [0.1, 0.15) is 5.84 Å². The summed E-state index contributed by atoms with van der Waals surface area (Å²) in [5.41, 5.74) is 1.67. The molecule has 0 aliphatic carbocycles. The molecule has 1 saturated heterocycles. The third-order valence-corrected chi connectivity index (χ3v) is 7.91. The van der Waals surface area contributed by atoms with Gasteiger partial charge in [-0.2, -0.15) is 0 Å². The molecule has 12 nitrogen and oxygen atoms in total. The molecule has 1 fully saturated rings. The summed E-state index contributed by atoms with van der Waals surface area (Å²) in [6.45, 7) is 2.38. The Morgan fingerprint density at radius 3 is 2.03 bits per heavy atom. The Kier molecular flexibility index (Phi) is 7.97. The van der Waals surface area contributed by atoms with Gasteiger partial charge in [0.15, 0.2) is 0 Å². The number of ether oxygens (including phenoxy) is 1. The molecule has 3 aromatic rings. The molecule has 2 amide bonds. The average molecular weight is 559 g/mol. The first kappa shape index (κ1) is 27.1. The fraction of sp³-hybridized carbons (Fsp3) is 0.167. The normalized spacial score (nSPS) is 14.0. The first-order valence-corrected chi connectivity index (χ1v) is 14.4. The topological polar surface area (TPSA) is 184 Å². The minimum absolute atomic E-state index is 0.0618. The van der Waals surface area contributed by atoms with Gasteiger partial charge in [-0.1, -0.05) is 12.1 Å². The summed E-state index contributed by atoms with van der Waals surface area (Å²) in [5.74, 6) is 0.350. The Balaban J connectivity index is 1.36. The lowest BCUT2D eigenvalue weighted by molar-refractivity contribution is 0.0680. The molecule has 0 unspecified atom stereocenters. The van der Waals surface area contributed by atoms with Crippen LogP contribution in [0.4, 0.5) is 21.9 Å². The molecule has 6 N–H and O–H groups in total. The number of amides is 2. The number of sulfonamides is 2. The van der Waals surface area contributed by atoms with Crippen LogP contribution in [-0.2, 0) is 24.8 Å². The molecule has 200 valence electrons. The Bertz CT molecular complexity index is 1540. The fourth-order valence-electron chi connectivity index (χ4n) is 3.65. The van der Waals surface area contributed by atoms with Gasteiger partial charge in [0.25, 0.3) is 10.0 Å². The number of anilines is 3. The third kappa shape index (κ3) is 6.86. The zero-order valence-corrected chi connectivity index (χ0v) is 21.7. The van der Waals surface area contributed by atoms with Crippen molar-refractivity contribution in [1.29, 1.82) is 5.41 Å². The predicted octanol–water partition coefficient (Wildman–Crippen LogP) is 2.44. The first-order valence-electron chi connectivity index (χ1n) is 11.4. The summed E-state index contributed by atoms with van der Waals surface area (Å²) in [5, 5.41) is 18.8. The number of nitrogens with two attached hydrogens (primary N) is 1. The van der Waals surface area contributed by atoms with E-state index in [2.05, 4.69) is 15.4 Å². The monoisotopic (exact) mass is 558 g/mol. The molecule has 1 heterocycles. The van der Waals surface area contributed by atoms with Crippen molar-refractivity contribution in [3.8, 4) is 0 Å². The van der Waals surface area contributed by atoms with Crippen molar-refractivity contribution in [1.82, 2.24) is 4.90 Å². The summed E-state index contributed by atoms with van der Waals surface area (Å²) >= 11 is 0. The van der Waals surface area contributed by atoms with Crippen LogP contribution in [0.5, 0.6) is 0 Å². The van der Waals surface area contributed by atoms with Gasteiger partial charge in [0, 0.05) is 35.7 Å². The second-order valence-electron chi connectivity index (χ2n) is 8.31. The van der Waals surface area contributed by atoms with Crippen molar-refractivity contribution in [2.45, 2.75) is 9.79 Å². The SMILES string of the molecule is N=C(c1cccc(NC(=O)Nc2ccc(S(=O)(=O)Nc3ccc(S(N)(=O)=O)cc3)cc2)c1)N1CCOCC1. The molecule has 0 radical (unpaired) electrons. The molecule has 0 spiro atoms. The number of amidine groups is 1. The van der Waals surface area contributed by atoms with E-state index in [4.69, 9.17) is 15.3 Å². The van der Waals surface area contributed by atoms with Crippen molar-refractivity contribution < 1.29 is 26.4 Å². The zero-order chi connectivity index (χ0) is 27.3. The quantitative estimate of drug-likeness (QED) is 0.218. The standard InChI is InChI=1S/C24H26N6O6S2/c25-23(30-12-14-36-15-13-30)17-2-1-3-20(16-17)28-24(31)27-18-4-10-22(11-5-18)38(34,35)29-19-6-8-21(9-7-19)37(26,32)33/h1-11,16,25,29H,12-15H2,(H2,26,32,33)(H2,27,28,31). The minimum Gasteiger partial charge on any atom is -0.378 e. The molecule has 0 saturated carbocycles. The lowest BCUT2D eigenvalue weighted by Crippen LogP contribution is -2.40. The van der Waals surface area contributed by atoms with Gasteiger partial charge in [-0.25, -0.2) is 26.8 Å². The predicted molar refractivity (Wildman–Crippen MR) is 143 cm³/mol. The van der Waals surface area contributed by atoms with Crippen LogP contribution in [0.1, 0.15) is 5.56 Å². The third-order valence-electron chi connectivity index (χ3n) is 5.58. The lowest BCUT2D eigenvalue weighted by atomic mass is 10.1. The summed E-state index contributed by atoms with van der Waals surface area (Å²) in [7, 11) is -7.86. The molecular formula is C24H26N6O6S2. The number of primary sulfonamides is 1. The molecule has 38 heavy (non-hydrogen) atoms. The van der Waals surface area contributed by atoms with Gasteiger partial charge in [0.2, 0.25) is 10.0 Å². The molecule has 1 aliphatic rings. The highest BCUT2D eigenvalue weighted by molar-refractivity contribution is 7.92. The molecule has 3 aromatic carbocycles. The smallest absolute Gasteiger partial charge is 0.323 e. The number of carbonyl (C=O) groups excluding carboxylic acids is 1. The van der Waals surface area contributed by atoms with Crippen LogP contribution in [-0.4, -0.2) is 59.9 Å². The average Bonchev–Trinajstić information content (AvgIpc) is 2.89. The van der Waals surface area contributed by atoms with E-state index in [0.717, 1.165) is 0 Å². The van der Waals surface area contributed by atoms with Crippen LogP contribution in [0.2, 0.25) is 0 Å². The number of urea groups is 1. The summed E-state index contributed by atoms with van der Waals surface area (Å²) in [6.07, 6.45) is 0. The maximum Gasteiger partial charge on any atom is 0.323 e. The van der Waals surface area contributed by atoms with Gasteiger partial charge in [-0.3, -0.25) is 10.1 Å². The number of hydrogen-bond donors (Lipinski definition) is 5. The van der Waals surface area contributed by atoms with Crippen LogP contribution < -0.4 is 20.5 Å². The Morgan fingerprint density at radius 1 is 0.816 bits per heavy atom. The number of morpholine rings is 1.